The molecule has 1 atom stereocenters. The third-order valence-electron chi connectivity index (χ3n) is 3.60. The average Bonchev–Trinajstić information content (AvgIpc) is 3.02. The summed E-state index contributed by atoms with van der Waals surface area (Å²) >= 11 is 1.33. The van der Waals surface area contributed by atoms with Crippen LogP contribution in [0.1, 0.15) is 23.0 Å². The van der Waals surface area contributed by atoms with E-state index in [1.165, 1.54) is 11.3 Å². The van der Waals surface area contributed by atoms with Crippen LogP contribution >= 0.6 is 11.3 Å². The van der Waals surface area contributed by atoms with E-state index in [9.17, 15) is 4.79 Å². The number of hydrogen-bond acceptors (Lipinski definition) is 6. The molecule has 2 rings (SSSR count). The first-order valence-electron chi connectivity index (χ1n) is 6.95. The van der Waals surface area contributed by atoms with Crippen LogP contribution in [0.2, 0.25) is 0 Å². The first-order valence-corrected chi connectivity index (χ1v) is 7.77. The number of nitrogens with zero attached hydrogens (tertiary/aromatic N) is 3. The average molecular weight is 297 g/mol. The van der Waals surface area contributed by atoms with Crippen LogP contribution in [0.5, 0.6) is 0 Å². The lowest BCUT2D eigenvalue weighted by molar-refractivity contribution is 0.0952. The predicted octanol–water partition coefficient (Wildman–Crippen LogP) is 0.863. The van der Waals surface area contributed by atoms with Gasteiger partial charge >= 0.3 is 0 Å². The molecule has 3 N–H and O–H groups in total. The van der Waals surface area contributed by atoms with Crippen molar-refractivity contribution in [3.8, 4) is 0 Å². The molecule has 20 heavy (non-hydrogen) atoms. The number of anilines is 2. The van der Waals surface area contributed by atoms with E-state index in [4.69, 9.17) is 5.73 Å². The molecule has 0 bridgehead atoms. The lowest BCUT2D eigenvalue weighted by atomic mass is 10.1. The van der Waals surface area contributed by atoms with Crippen molar-refractivity contribution in [2.24, 2.45) is 5.92 Å². The number of nitrogens with one attached hydrogen (secondary N) is 1. The van der Waals surface area contributed by atoms with Crippen molar-refractivity contribution in [1.29, 1.82) is 0 Å². The van der Waals surface area contributed by atoms with Crippen LogP contribution in [0.3, 0.4) is 0 Å². The Morgan fingerprint density at radius 3 is 2.90 bits per heavy atom. The van der Waals surface area contributed by atoms with Crippen molar-refractivity contribution in [3.63, 3.8) is 0 Å². The van der Waals surface area contributed by atoms with Gasteiger partial charge in [0.25, 0.3) is 5.91 Å². The van der Waals surface area contributed by atoms with E-state index in [1.54, 1.807) is 0 Å². The van der Waals surface area contributed by atoms with Gasteiger partial charge in [0.05, 0.1) is 0 Å². The number of amides is 1. The van der Waals surface area contributed by atoms with Gasteiger partial charge in [0.15, 0.2) is 5.13 Å². The molecular formula is C13H23N5OS. The molecule has 112 valence electrons. The third kappa shape index (κ3) is 3.40. The molecule has 1 aliphatic heterocycles. The number of rotatable bonds is 5. The van der Waals surface area contributed by atoms with Gasteiger partial charge in [0.2, 0.25) is 0 Å². The normalized spacial score (nSPS) is 19.2. The molecule has 1 aliphatic rings. The molecule has 2 heterocycles. The van der Waals surface area contributed by atoms with Crippen molar-refractivity contribution in [3.05, 3.63) is 4.88 Å². The van der Waals surface area contributed by atoms with Gasteiger partial charge in [0, 0.05) is 27.2 Å². The number of carbonyl (C=O) groups excluding carboxylic acids is 1. The van der Waals surface area contributed by atoms with Gasteiger partial charge in [-0.05, 0) is 25.4 Å². The number of nitrogens with two attached hydrogens (primary N) is 1. The van der Waals surface area contributed by atoms with Crippen molar-refractivity contribution in [1.82, 2.24) is 15.2 Å². The van der Waals surface area contributed by atoms with Gasteiger partial charge in [-0.15, -0.1) is 0 Å². The van der Waals surface area contributed by atoms with Gasteiger partial charge < -0.3 is 20.9 Å². The minimum atomic E-state index is -0.108. The Hall–Kier alpha value is -1.34. The number of hydrogen-bond donors (Lipinski definition) is 2. The van der Waals surface area contributed by atoms with Crippen LogP contribution in [-0.2, 0) is 0 Å². The smallest absolute Gasteiger partial charge is 0.265 e. The number of likely N-dealkylation sites (tertiary alicyclic amines) is 1. The highest BCUT2D eigenvalue weighted by molar-refractivity contribution is 7.18. The Balaban J connectivity index is 1.89. The molecule has 0 aliphatic carbocycles. The standard InChI is InChI=1S/C13H23N5OS/c1-4-18-6-5-9(8-18)7-15-12(19)10-11(14)16-13(20-10)17(2)3/h9H,4-8,14H2,1-3H3,(H,15,19). The van der Waals surface area contributed by atoms with Crippen LogP contribution in [0.4, 0.5) is 10.9 Å². The van der Waals surface area contributed by atoms with Crippen molar-refractivity contribution >= 4 is 28.2 Å². The molecule has 7 heteroatoms. The molecule has 1 fully saturated rings. The molecular weight excluding hydrogens is 274 g/mol. The van der Waals surface area contributed by atoms with Crippen LogP contribution in [0, 0.1) is 5.92 Å². The van der Waals surface area contributed by atoms with Gasteiger partial charge in [-0.2, -0.15) is 0 Å². The summed E-state index contributed by atoms with van der Waals surface area (Å²) in [6.07, 6.45) is 1.15. The highest BCUT2D eigenvalue weighted by Crippen LogP contribution is 2.26. The summed E-state index contributed by atoms with van der Waals surface area (Å²) in [6.45, 7) is 6.16. The quantitative estimate of drug-likeness (QED) is 0.843. The fourth-order valence-corrected chi connectivity index (χ4v) is 3.18. The monoisotopic (exact) mass is 297 g/mol. The second-order valence-electron chi connectivity index (χ2n) is 5.36. The second kappa shape index (κ2) is 6.41. The Bertz CT molecular complexity index is 473. The lowest BCUT2D eigenvalue weighted by Gasteiger charge is -2.13. The first kappa shape index (κ1) is 15.1. The third-order valence-corrected chi connectivity index (χ3v) is 4.84. The summed E-state index contributed by atoms with van der Waals surface area (Å²) in [6, 6.07) is 0. The van der Waals surface area contributed by atoms with Crippen molar-refractivity contribution in [2.45, 2.75) is 13.3 Å². The van der Waals surface area contributed by atoms with E-state index >= 15 is 0 Å². The summed E-state index contributed by atoms with van der Waals surface area (Å²) in [7, 11) is 3.77. The minimum absolute atomic E-state index is 0.108. The predicted molar refractivity (Wildman–Crippen MR) is 83.4 cm³/mol. The van der Waals surface area contributed by atoms with E-state index in [-0.39, 0.29) is 5.91 Å². The molecule has 0 radical (unpaired) electrons. The molecule has 1 aromatic rings. The maximum absolute atomic E-state index is 12.2. The van der Waals surface area contributed by atoms with E-state index in [2.05, 4.69) is 22.1 Å². The molecule has 1 aromatic heterocycles. The zero-order chi connectivity index (χ0) is 14.7. The van der Waals surface area contributed by atoms with Crippen LogP contribution in [0.25, 0.3) is 0 Å². The van der Waals surface area contributed by atoms with Crippen LogP contribution < -0.4 is 16.0 Å². The molecule has 0 saturated carbocycles. The zero-order valence-electron chi connectivity index (χ0n) is 12.3. The fourth-order valence-electron chi connectivity index (χ4n) is 2.36. The van der Waals surface area contributed by atoms with Gasteiger partial charge in [-0.3, -0.25) is 4.79 Å². The largest absolute Gasteiger partial charge is 0.382 e. The Labute approximate surface area is 124 Å². The molecule has 0 aromatic carbocycles. The fraction of sp³-hybridized carbons (Fsp3) is 0.692. The van der Waals surface area contributed by atoms with Crippen LogP contribution in [0.15, 0.2) is 0 Å². The number of nitrogen functional groups attached to an aromatic ring is 1. The van der Waals surface area contributed by atoms with Crippen LogP contribution in [-0.4, -0.2) is 56.1 Å². The molecule has 1 unspecified atom stereocenters. The number of aromatic nitrogens is 1. The minimum Gasteiger partial charge on any atom is -0.382 e. The molecule has 1 saturated heterocycles. The highest BCUT2D eigenvalue weighted by atomic mass is 32.1. The van der Waals surface area contributed by atoms with E-state index in [1.807, 2.05) is 19.0 Å². The Morgan fingerprint density at radius 2 is 2.35 bits per heavy atom. The first-order chi connectivity index (χ1) is 9.51. The summed E-state index contributed by atoms with van der Waals surface area (Å²) in [5.74, 6) is 0.752. The topological polar surface area (TPSA) is 74.5 Å². The van der Waals surface area contributed by atoms with Crippen molar-refractivity contribution < 1.29 is 4.79 Å². The molecule has 0 spiro atoms. The summed E-state index contributed by atoms with van der Waals surface area (Å²) < 4.78 is 0. The maximum atomic E-state index is 12.2. The summed E-state index contributed by atoms with van der Waals surface area (Å²) in [5, 5.41) is 3.74. The highest BCUT2D eigenvalue weighted by Gasteiger charge is 2.23. The van der Waals surface area contributed by atoms with Gasteiger partial charge in [-0.25, -0.2) is 4.98 Å². The van der Waals surface area contributed by atoms with E-state index < -0.39 is 0 Å². The Kier molecular flexibility index (Phi) is 4.82. The Morgan fingerprint density at radius 1 is 1.60 bits per heavy atom. The maximum Gasteiger partial charge on any atom is 0.265 e. The lowest BCUT2D eigenvalue weighted by Crippen LogP contribution is -2.30. The zero-order valence-corrected chi connectivity index (χ0v) is 13.2. The van der Waals surface area contributed by atoms with Gasteiger partial charge in [0.1, 0.15) is 10.7 Å². The molecule has 6 nitrogen and oxygen atoms in total. The van der Waals surface area contributed by atoms with E-state index in [0.717, 1.165) is 31.2 Å². The number of thiazole rings is 1. The molecule has 1 amide bonds. The SMILES string of the molecule is CCN1CCC(CNC(=O)c2sc(N(C)C)nc2N)C1. The summed E-state index contributed by atoms with van der Waals surface area (Å²) in [4.78, 5) is 21.1. The summed E-state index contributed by atoms with van der Waals surface area (Å²) in [5.41, 5.74) is 5.81. The second-order valence-corrected chi connectivity index (χ2v) is 6.34. The van der Waals surface area contributed by atoms with Gasteiger partial charge in [-0.1, -0.05) is 18.3 Å². The number of carbonyl (C=O) groups is 1. The van der Waals surface area contributed by atoms with Crippen molar-refractivity contribution in [2.75, 3.05) is 50.9 Å². The van der Waals surface area contributed by atoms with E-state index in [0.29, 0.717) is 23.2 Å².